The molecule has 0 aromatic carbocycles. The molecule has 0 saturated carbocycles. The van der Waals surface area contributed by atoms with E-state index >= 15 is 0 Å². The van der Waals surface area contributed by atoms with Crippen LogP contribution in [0.4, 0.5) is 0 Å². The summed E-state index contributed by atoms with van der Waals surface area (Å²) in [5, 5.41) is 7.57. The molecule has 2 aliphatic rings. The molecule has 1 unspecified atom stereocenters. The predicted octanol–water partition coefficient (Wildman–Crippen LogP) is 2.15. The number of nitrogens with one attached hydrogen (secondary N) is 1. The lowest BCUT2D eigenvalue weighted by Crippen LogP contribution is -2.55. The normalized spacial score (nSPS) is 21.2. The van der Waals surface area contributed by atoms with Gasteiger partial charge in [-0.05, 0) is 42.2 Å². The Morgan fingerprint density at radius 2 is 2.12 bits per heavy atom. The Morgan fingerprint density at radius 3 is 2.72 bits per heavy atom. The van der Waals surface area contributed by atoms with Crippen molar-refractivity contribution >= 4 is 47.2 Å². The number of halogens is 1. The van der Waals surface area contributed by atoms with Crippen LogP contribution >= 0.6 is 35.3 Å². The van der Waals surface area contributed by atoms with E-state index in [1.807, 2.05) is 4.90 Å². The van der Waals surface area contributed by atoms with E-state index in [-0.39, 0.29) is 36.0 Å². The van der Waals surface area contributed by atoms with Crippen LogP contribution in [-0.4, -0.2) is 67.1 Å². The standard InChI is InChI=1S/C17H26N4O2S.HI/c1-2-18-17(19-12-14-5-11-24-13-14)21-8-6-20(7-9-21)16(22)15-4-3-10-23-15;/h5,11,13,15H,2-4,6-10,12H2,1H3,(H,18,19);1H. The molecule has 0 bridgehead atoms. The van der Waals surface area contributed by atoms with Gasteiger partial charge in [-0.25, -0.2) is 4.99 Å². The highest BCUT2D eigenvalue weighted by molar-refractivity contribution is 14.0. The monoisotopic (exact) mass is 478 g/mol. The summed E-state index contributed by atoms with van der Waals surface area (Å²) in [6.07, 6.45) is 1.65. The SMILES string of the molecule is CCNC(=NCc1ccsc1)N1CCN(C(=O)C2CCCO2)CC1.I. The van der Waals surface area contributed by atoms with Crippen LogP contribution in [0.2, 0.25) is 0 Å². The number of carbonyl (C=O) groups excluding carboxylic acids is 1. The lowest BCUT2D eigenvalue weighted by Gasteiger charge is -2.37. The molecule has 2 saturated heterocycles. The van der Waals surface area contributed by atoms with Gasteiger partial charge in [0.2, 0.25) is 0 Å². The second-order valence-electron chi connectivity index (χ2n) is 6.12. The fourth-order valence-corrected chi connectivity index (χ4v) is 3.75. The van der Waals surface area contributed by atoms with E-state index < -0.39 is 0 Å². The van der Waals surface area contributed by atoms with E-state index in [0.717, 1.165) is 58.1 Å². The molecule has 1 aromatic heterocycles. The number of rotatable bonds is 4. The Bertz CT molecular complexity index is 553. The van der Waals surface area contributed by atoms with Crippen LogP contribution in [0.15, 0.2) is 21.8 Å². The van der Waals surface area contributed by atoms with Gasteiger partial charge >= 0.3 is 0 Å². The van der Waals surface area contributed by atoms with Gasteiger partial charge in [0, 0.05) is 39.3 Å². The van der Waals surface area contributed by atoms with Crippen molar-refractivity contribution in [1.82, 2.24) is 15.1 Å². The molecule has 0 spiro atoms. The number of hydrogen-bond acceptors (Lipinski definition) is 4. The van der Waals surface area contributed by atoms with Crippen LogP contribution in [0.3, 0.4) is 0 Å². The van der Waals surface area contributed by atoms with E-state index in [1.165, 1.54) is 5.56 Å². The number of carbonyl (C=O) groups is 1. The molecule has 1 amide bonds. The van der Waals surface area contributed by atoms with Crippen LogP contribution in [0.25, 0.3) is 0 Å². The van der Waals surface area contributed by atoms with Crippen molar-refractivity contribution in [3.05, 3.63) is 22.4 Å². The molecule has 2 fully saturated rings. The van der Waals surface area contributed by atoms with Crippen molar-refractivity contribution in [1.29, 1.82) is 0 Å². The minimum atomic E-state index is -0.211. The van der Waals surface area contributed by atoms with Crippen molar-refractivity contribution in [2.45, 2.75) is 32.4 Å². The first-order valence-electron chi connectivity index (χ1n) is 8.72. The third-order valence-electron chi connectivity index (χ3n) is 4.42. The maximum Gasteiger partial charge on any atom is 0.251 e. The summed E-state index contributed by atoms with van der Waals surface area (Å²) in [5.41, 5.74) is 1.24. The smallest absolute Gasteiger partial charge is 0.251 e. The Labute approximate surface area is 170 Å². The molecule has 25 heavy (non-hydrogen) atoms. The number of aliphatic imine (C=N–C) groups is 1. The number of thiophene rings is 1. The van der Waals surface area contributed by atoms with E-state index in [1.54, 1.807) is 11.3 Å². The fourth-order valence-electron chi connectivity index (χ4n) is 3.09. The minimum absolute atomic E-state index is 0. The highest BCUT2D eigenvalue weighted by Crippen LogP contribution is 2.16. The first kappa shape index (κ1) is 20.4. The van der Waals surface area contributed by atoms with Gasteiger partial charge in [0.05, 0.1) is 6.54 Å². The maximum atomic E-state index is 12.4. The van der Waals surface area contributed by atoms with Crippen molar-refractivity contribution in [3.8, 4) is 0 Å². The van der Waals surface area contributed by atoms with Crippen molar-refractivity contribution in [2.75, 3.05) is 39.3 Å². The molecule has 0 aliphatic carbocycles. The molecule has 1 atom stereocenters. The summed E-state index contributed by atoms with van der Waals surface area (Å²) in [4.78, 5) is 21.3. The van der Waals surface area contributed by atoms with Gasteiger partial charge < -0.3 is 19.9 Å². The first-order valence-corrected chi connectivity index (χ1v) is 9.67. The number of ether oxygens (including phenoxy) is 1. The second kappa shape index (κ2) is 10.3. The van der Waals surface area contributed by atoms with Crippen LogP contribution in [-0.2, 0) is 16.1 Å². The van der Waals surface area contributed by atoms with Gasteiger partial charge in [0.1, 0.15) is 6.10 Å². The lowest BCUT2D eigenvalue weighted by molar-refractivity contribution is -0.142. The third kappa shape index (κ3) is 5.55. The van der Waals surface area contributed by atoms with Gasteiger partial charge in [-0.3, -0.25) is 4.79 Å². The lowest BCUT2D eigenvalue weighted by atomic mass is 10.2. The van der Waals surface area contributed by atoms with Gasteiger partial charge in [-0.15, -0.1) is 24.0 Å². The summed E-state index contributed by atoms with van der Waals surface area (Å²) in [6, 6.07) is 2.11. The van der Waals surface area contributed by atoms with E-state index in [0.29, 0.717) is 6.54 Å². The van der Waals surface area contributed by atoms with Crippen LogP contribution < -0.4 is 5.32 Å². The highest BCUT2D eigenvalue weighted by Gasteiger charge is 2.30. The van der Waals surface area contributed by atoms with E-state index in [4.69, 9.17) is 9.73 Å². The van der Waals surface area contributed by atoms with Crippen molar-refractivity contribution in [2.24, 2.45) is 4.99 Å². The molecular formula is C17H27IN4O2S. The zero-order valence-electron chi connectivity index (χ0n) is 14.6. The number of amides is 1. The zero-order valence-corrected chi connectivity index (χ0v) is 17.8. The summed E-state index contributed by atoms with van der Waals surface area (Å²) in [5.74, 6) is 1.10. The third-order valence-corrected chi connectivity index (χ3v) is 5.15. The summed E-state index contributed by atoms with van der Waals surface area (Å²) < 4.78 is 5.52. The zero-order chi connectivity index (χ0) is 16.8. The Morgan fingerprint density at radius 1 is 1.36 bits per heavy atom. The number of piperazine rings is 1. The largest absolute Gasteiger partial charge is 0.368 e. The Kier molecular flexibility index (Phi) is 8.44. The van der Waals surface area contributed by atoms with Gasteiger partial charge in [-0.2, -0.15) is 11.3 Å². The van der Waals surface area contributed by atoms with Crippen LogP contribution in [0.5, 0.6) is 0 Å². The molecule has 1 aromatic rings. The van der Waals surface area contributed by atoms with E-state index in [9.17, 15) is 4.79 Å². The van der Waals surface area contributed by atoms with Crippen molar-refractivity contribution in [3.63, 3.8) is 0 Å². The average Bonchev–Trinajstić information content (AvgIpc) is 3.31. The van der Waals surface area contributed by atoms with Crippen LogP contribution in [0, 0.1) is 0 Å². The molecule has 2 aliphatic heterocycles. The predicted molar refractivity (Wildman–Crippen MR) is 112 cm³/mol. The number of nitrogens with zero attached hydrogens (tertiary/aromatic N) is 3. The molecule has 6 nitrogen and oxygen atoms in total. The molecular weight excluding hydrogens is 451 g/mol. The van der Waals surface area contributed by atoms with Gasteiger partial charge in [0.25, 0.3) is 5.91 Å². The molecule has 1 N–H and O–H groups in total. The summed E-state index contributed by atoms with van der Waals surface area (Å²) in [7, 11) is 0. The molecule has 3 rings (SSSR count). The highest BCUT2D eigenvalue weighted by atomic mass is 127. The van der Waals surface area contributed by atoms with Gasteiger partial charge in [-0.1, -0.05) is 0 Å². The molecule has 3 heterocycles. The number of guanidine groups is 1. The molecule has 0 radical (unpaired) electrons. The van der Waals surface area contributed by atoms with E-state index in [2.05, 4.69) is 34.0 Å². The summed E-state index contributed by atoms with van der Waals surface area (Å²) >= 11 is 1.70. The Hall–Kier alpha value is -0.870. The minimum Gasteiger partial charge on any atom is -0.368 e. The molecule has 8 heteroatoms. The van der Waals surface area contributed by atoms with Gasteiger partial charge in [0.15, 0.2) is 5.96 Å². The topological polar surface area (TPSA) is 57.2 Å². The molecule has 140 valence electrons. The fraction of sp³-hybridized carbons (Fsp3) is 0.647. The first-order chi connectivity index (χ1) is 11.8. The summed E-state index contributed by atoms with van der Waals surface area (Å²) in [6.45, 7) is 7.44. The Balaban J connectivity index is 0.00000225. The second-order valence-corrected chi connectivity index (χ2v) is 6.90. The maximum absolute atomic E-state index is 12.4. The number of hydrogen-bond donors (Lipinski definition) is 1. The quantitative estimate of drug-likeness (QED) is 0.410. The van der Waals surface area contributed by atoms with Crippen molar-refractivity contribution < 1.29 is 9.53 Å². The average molecular weight is 478 g/mol. The van der Waals surface area contributed by atoms with Crippen LogP contribution in [0.1, 0.15) is 25.3 Å².